The van der Waals surface area contributed by atoms with E-state index >= 15 is 0 Å². The number of aromatic amines is 1. The number of hydrogen-bond acceptors (Lipinski definition) is 6. The Labute approximate surface area is 167 Å². The predicted molar refractivity (Wildman–Crippen MR) is 107 cm³/mol. The van der Waals surface area contributed by atoms with E-state index in [4.69, 9.17) is 4.74 Å². The van der Waals surface area contributed by atoms with Gasteiger partial charge in [0.1, 0.15) is 12.3 Å². The van der Waals surface area contributed by atoms with E-state index in [1.165, 1.54) is 4.68 Å². The Morgan fingerprint density at radius 3 is 2.93 bits per heavy atom. The van der Waals surface area contributed by atoms with Gasteiger partial charge in [-0.3, -0.25) is 20.0 Å². The third-order valence-corrected chi connectivity index (χ3v) is 4.92. The second-order valence-corrected chi connectivity index (χ2v) is 6.93. The highest BCUT2D eigenvalue weighted by Gasteiger charge is 2.16. The number of para-hydroxylation sites is 1. The first-order valence-electron chi connectivity index (χ1n) is 9.59. The number of amides is 1. The number of aromatic nitrogens is 5. The van der Waals surface area contributed by atoms with Crippen molar-refractivity contribution in [1.82, 2.24) is 25.0 Å². The summed E-state index contributed by atoms with van der Waals surface area (Å²) in [5, 5.41) is 13.8. The van der Waals surface area contributed by atoms with Gasteiger partial charge in [-0.25, -0.2) is 4.68 Å². The van der Waals surface area contributed by atoms with Crippen molar-refractivity contribution in [2.75, 3.05) is 12.4 Å². The van der Waals surface area contributed by atoms with Crippen molar-refractivity contribution in [3.05, 3.63) is 51.9 Å². The second-order valence-electron chi connectivity index (χ2n) is 6.93. The Balaban J connectivity index is 1.48. The van der Waals surface area contributed by atoms with Gasteiger partial charge in [-0.1, -0.05) is 18.6 Å². The van der Waals surface area contributed by atoms with Crippen molar-refractivity contribution in [2.45, 2.75) is 38.6 Å². The molecule has 2 N–H and O–H groups in total. The number of fused-ring (bicyclic) bond motifs is 1. The summed E-state index contributed by atoms with van der Waals surface area (Å²) >= 11 is 0. The number of hydrogen-bond donors (Lipinski definition) is 2. The van der Waals surface area contributed by atoms with Crippen LogP contribution in [0.25, 0.3) is 11.4 Å². The zero-order valence-corrected chi connectivity index (χ0v) is 16.1. The van der Waals surface area contributed by atoms with Crippen LogP contribution in [-0.4, -0.2) is 38.0 Å². The van der Waals surface area contributed by atoms with E-state index in [0.29, 0.717) is 11.6 Å². The Kier molecular flexibility index (Phi) is 5.37. The maximum atomic E-state index is 12.4. The van der Waals surface area contributed by atoms with Gasteiger partial charge in [0.15, 0.2) is 5.82 Å². The number of rotatable bonds is 5. The third-order valence-electron chi connectivity index (χ3n) is 4.92. The molecule has 2 aromatic heterocycles. The molecule has 1 aromatic carbocycles. The number of H-pyrrole nitrogens is 1. The summed E-state index contributed by atoms with van der Waals surface area (Å²) in [6.07, 6.45) is 4.95. The maximum absolute atomic E-state index is 12.4. The number of benzene rings is 1. The molecule has 0 fully saturated rings. The van der Waals surface area contributed by atoms with Crippen LogP contribution in [0.4, 0.5) is 5.95 Å². The lowest BCUT2D eigenvalue weighted by Crippen LogP contribution is -2.31. The van der Waals surface area contributed by atoms with Gasteiger partial charge in [0.2, 0.25) is 11.9 Å². The lowest BCUT2D eigenvalue weighted by Gasteiger charge is -2.09. The summed E-state index contributed by atoms with van der Waals surface area (Å²) in [5.41, 5.74) is 2.36. The first kappa shape index (κ1) is 18.9. The van der Waals surface area contributed by atoms with Gasteiger partial charge >= 0.3 is 0 Å². The van der Waals surface area contributed by atoms with Crippen LogP contribution in [0.3, 0.4) is 0 Å². The topological polar surface area (TPSA) is 115 Å². The monoisotopic (exact) mass is 394 g/mol. The Bertz CT molecular complexity index is 1090. The third kappa shape index (κ3) is 4.18. The zero-order valence-electron chi connectivity index (χ0n) is 16.1. The molecule has 1 aliphatic carbocycles. The summed E-state index contributed by atoms with van der Waals surface area (Å²) < 4.78 is 6.52. The molecule has 0 atom stereocenters. The molecule has 0 unspecified atom stereocenters. The smallest absolute Gasteiger partial charge is 0.267 e. The fourth-order valence-electron chi connectivity index (χ4n) is 3.47. The number of carbonyl (C=O) groups is 1. The Hall–Kier alpha value is -3.49. The maximum Gasteiger partial charge on any atom is 0.267 e. The fourth-order valence-corrected chi connectivity index (χ4v) is 3.47. The van der Waals surface area contributed by atoms with E-state index in [-0.39, 0.29) is 18.1 Å². The molecular weight excluding hydrogens is 372 g/mol. The molecule has 0 radical (unpaired) electrons. The predicted octanol–water partition coefficient (Wildman–Crippen LogP) is 1.94. The highest BCUT2D eigenvalue weighted by Crippen LogP contribution is 2.27. The van der Waals surface area contributed by atoms with Gasteiger partial charge in [-0.05, 0) is 43.4 Å². The summed E-state index contributed by atoms with van der Waals surface area (Å²) in [6, 6.07) is 8.96. The van der Waals surface area contributed by atoms with Crippen molar-refractivity contribution in [3.63, 3.8) is 0 Å². The minimum atomic E-state index is -0.418. The molecule has 150 valence electrons. The standard InChI is InChI=1S/C20H22N6O3/c1-29-16-10-6-5-8-14(16)19-22-20(24-23-19)21-17(27)12-26-18(28)11-13-7-3-2-4-9-15(13)25-26/h5-6,8,10-11H,2-4,7,9,12H2,1H3,(H2,21,22,23,24,27). The van der Waals surface area contributed by atoms with Crippen LogP contribution in [0.5, 0.6) is 5.75 Å². The van der Waals surface area contributed by atoms with Gasteiger partial charge in [0, 0.05) is 6.07 Å². The van der Waals surface area contributed by atoms with E-state index in [1.54, 1.807) is 13.2 Å². The largest absolute Gasteiger partial charge is 0.496 e. The van der Waals surface area contributed by atoms with Crippen molar-refractivity contribution < 1.29 is 9.53 Å². The molecule has 0 aliphatic heterocycles. The Morgan fingerprint density at radius 2 is 2.07 bits per heavy atom. The number of nitrogens with one attached hydrogen (secondary N) is 2. The van der Waals surface area contributed by atoms with Crippen molar-refractivity contribution >= 4 is 11.9 Å². The molecule has 0 saturated carbocycles. The van der Waals surface area contributed by atoms with Crippen LogP contribution in [0, 0.1) is 0 Å². The van der Waals surface area contributed by atoms with Gasteiger partial charge in [-0.15, -0.1) is 5.10 Å². The van der Waals surface area contributed by atoms with Crippen molar-refractivity contribution in [1.29, 1.82) is 0 Å². The van der Waals surface area contributed by atoms with Crippen LogP contribution in [0.15, 0.2) is 35.1 Å². The molecule has 9 nitrogen and oxygen atoms in total. The summed E-state index contributed by atoms with van der Waals surface area (Å²) in [5.74, 6) is 0.817. The van der Waals surface area contributed by atoms with Crippen LogP contribution >= 0.6 is 0 Å². The van der Waals surface area contributed by atoms with E-state index in [2.05, 4.69) is 25.6 Å². The number of ether oxygens (including phenoxy) is 1. The molecule has 29 heavy (non-hydrogen) atoms. The summed E-state index contributed by atoms with van der Waals surface area (Å²) in [4.78, 5) is 29.0. The average Bonchev–Trinajstić information content (AvgIpc) is 3.06. The van der Waals surface area contributed by atoms with Gasteiger partial charge < -0.3 is 4.74 Å². The van der Waals surface area contributed by atoms with Crippen LogP contribution in [-0.2, 0) is 24.2 Å². The van der Waals surface area contributed by atoms with E-state index < -0.39 is 5.91 Å². The lowest BCUT2D eigenvalue weighted by molar-refractivity contribution is -0.117. The van der Waals surface area contributed by atoms with Crippen molar-refractivity contribution in [3.8, 4) is 17.1 Å². The first-order chi connectivity index (χ1) is 14.1. The Morgan fingerprint density at radius 1 is 1.24 bits per heavy atom. The van der Waals surface area contributed by atoms with E-state index in [0.717, 1.165) is 48.9 Å². The van der Waals surface area contributed by atoms with E-state index in [1.807, 2.05) is 24.3 Å². The fraction of sp³-hybridized carbons (Fsp3) is 0.350. The number of aryl methyl sites for hydroxylation is 2. The van der Waals surface area contributed by atoms with Crippen LogP contribution < -0.4 is 15.6 Å². The molecule has 3 aromatic rings. The second kappa shape index (κ2) is 8.26. The molecule has 0 spiro atoms. The number of methoxy groups -OCH3 is 1. The molecule has 0 saturated heterocycles. The summed E-state index contributed by atoms with van der Waals surface area (Å²) in [6.45, 7) is -0.190. The number of carbonyl (C=O) groups excluding carboxylic acids is 1. The van der Waals surface area contributed by atoms with E-state index in [9.17, 15) is 9.59 Å². The minimum Gasteiger partial charge on any atom is -0.496 e. The van der Waals surface area contributed by atoms with Crippen LogP contribution in [0.2, 0.25) is 0 Å². The molecule has 0 bridgehead atoms. The quantitative estimate of drug-likeness (QED) is 0.639. The zero-order chi connectivity index (χ0) is 20.2. The SMILES string of the molecule is COc1ccccc1-c1nc(NC(=O)Cn2nc3c(cc2=O)CCCCC3)n[nH]1. The number of nitrogens with zero attached hydrogens (tertiary/aromatic N) is 4. The molecule has 9 heteroatoms. The minimum absolute atomic E-state index is 0.124. The lowest BCUT2D eigenvalue weighted by atomic mass is 10.1. The van der Waals surface area contributed by atoms with Gasteiger partial charge in [0.05, 0.1) is 18.4 Å². The first-order valence-corrected chi connectivity index (χ1v) is 9.59. The molecule has 1 amide bonds. The highest BCUT2D eigenvalue weighted by atomic mass is 16.5. The molecule has 1 aliphatic rings. The van der Waals surface area contributed by atoms with Gasteiger partial charge in [-0.2, -0.15) is 10.1 Å². The van der Waals surface area contributed by atoms with Gasteiger partial charge in [0.25, 0.3) is 5.56 Å². The summed E-state index contributed by atoms with van der Waals surface area (Å²) in [7, 11) is 1.57. The highest BCUT2D eigenvalue weighted by molar-refractivity contribution is 5.88. The number of anilines is 1. The van der Waals surface area contributed by atoms with Crippen molar-refractivity contribution in [2.24, 2.45) is 0 Å². The molecule has 4 rings (SSSR count). The normalized spacial score (nSPS) is 13.4. The average molecular weight is 394 g/mol. The molecule has 2 heterocycles. The van der Waals surface area contributed by atoms with Crippen LogP contribution in [0.1, 0.15) is 30.5 Å². The molecular formula is C20H22N6O3.